The fraction of sp³-hybridized carbons (Fsp3) is 0.409. The molecule has 4 nitrogen and oxygen atoms in total. The molecule has 0 aliphatic rings. The van der Waals surface area contributed by atoms with E-state index in [2.05, 4.69) is 18.3 Å². The Kier molecular flexibility index (Phi) is 7.52. The smallest absolute Gasteiger partial charge is 0.262 e. The lowest BCUT2D eigenvalue weighted by molar-refractivity contribution is -0.118. The van der Waals surface area contributed by atoms with E-state index in [4.69, 9.17) is 9.47 Å². The summed E-state index contributed by atoms with van der Waals surface area (Å²) in [5, 5.41) is 2.85. The van der Waals surface area contributed by atoms with Gasteiger partial charge in [0.25, 0.3) is 5.91 Å². The molecule has 2 aromatic carbocycles. The highest BCUT2D eigenvalue weighted by Gasteiger charge is 2.09. The van der Waals surface area contributed by atoms with Crippen LogP contribution >= 0.6 is 0 Å². The van der Waals surface area contributed by atoms with E-state index in [0.717, 1.165) is 46.9 Å². The number of amides is 1. The van der Waals surface area contributed by atoms with Crippen LogP contribution in [0.3, 0.4) is 0 Å². The van der Waals surface area contributed by atoms with Gasteiger partial charge in [-0.05, 0) is 68.1 Å². The van der Waals surface area contributed by atoms with Gasteiger partial charge in [-0.25, -0.2) is 0 Å². The first-order valence-electron chi connectivity index (χ1n) is 9.23. The van der Waals surface area contributed by atoms with Crippen molar-refractivity contribution in [3.05, 3.63) is 53.1 Å². The number of carbonyl (C=O) groups is 1. The van der Waals surface area contributed by atoms with Crippen molar-refractivity contribution in [1.82, 2.24) is 0 Å². The molecule has 1 amide bonds. The second-order valence-electron chi connectivity index (χ2n) is 6.57. The molecule has 0 radical (unpaired) electrons. The summed E-state index contributed by atoms with van der Waals surface area (Å²) in [7, 11) is 0. The molecular weight excluding hydrogens is 326 g/mol. The lowest BCUT2D eigenvalue weighted by Crippen LogP contribution is -2.20. The summed E-state index contributed by atoms with van der Waals surface area (Å²) in [6, 6.07) is 11.5. The van der Waals surface area contributed by atoms with Crippen molar-refractivity contribution in [2.24, 2.45) is 0 Å². The van der Waals surface area contributed by atoms with Gasteiger partial charge in [0, 0.05) is 5.69 Å². The zero-order valence-corrected chi connectivity index (χ0v) is 16.2. The highest BCUT2D eigenvalue weighted by Crippen LogP contribution is 2.25. The quantitative estimate of drug-likeness (QED) is 0.629. The molecule has 0 fully saturated rings. The number of carbonyl (C=O) groups excluding carboxylic acids is 1. The van der Waals surface area contributed by atoms with Gasteiger partial charge in [0.05, 0.1) is 6.61 Å². The lowest BCUT2D eigenvalue weighted by Gasteiger charge is -2.14. The van der Waals surface area contributed by atoms with E-state index in [1.54, 1.807) is 0 Å². The highest BCUT2D eigenvalue weighted by atomic mass is 16.5. The van der Waals surface area contributed by atoms with Crippen molar-refractivity contribution < 1.29 is 14.3 Å². The van der Waals surface area contributed by atoms with E-state index in [9.17, 15) is 4.79 Å². The number of benzene rings is 2. The molecule has 0 aromatic heterocycles. The molecule has 2 rings (SSSR count). The Balaban J connectivity index is 1.83. The molecule has 0 unspecified atom stereocenters. The average molecular weight is 355 g/mol. The molecule has 0 bridgehead atoms. The molecule has 0 saturated carbocycles. The maximum atomic E-state index is 12.2. The van der Waals surface area contributed by atoms with E-state index in [1.807, 2.05) is 51.1 Å². The normalized spacial score (nSPS) is 10.5. The van der Waals surface area contributed by atoms with Crippen molar-refractivity contribution in [3.63, 3.8) is 0 Å². The number of ether oxygens (including phenoxy) is 2. The molecule has 0 atom stereocenters. The van der Waals surface area contributed by atoms with Crippen LogP contribution in [0.25, 0.3) is 0 Å². The fourth-order valence-electron chi connectivity index (χ4n) is 2.66. The Morgan fingerprint density at radius 3 is 2.31 bits per heavy atom. The largest absolute Gasteiger partial charge is 0.494 e. The molecule has 26 heavy (non-hydrogen) atoms. The van der Waals surface area contributed by atoms with Crippen LogP contribution in [0.2, 0.25) is 0 Å². The zero-order chi connectivity index (χ0) is 18.9. The van der Waals surface area contributed by atoms with Crippen LogP contribution in [0, 0.1) is 20.8 Å². The zero-order valence-electron chi connectivity index (χ0n) is 16.2. The van der Waals surface area contributed by atoms with Crippen molar-refractivity contribution in [3.8, 4) is 11.5 Å². The predicted octanol–water partition coefficient (Wildman–Crippen LogP) is 5.20. The molecule has 0 spiro atoms. The van der Waals surface area contributed by atoms with Gasteiger partial charge in [-0.15, -0.1) is 0 Å². The van der Waals surface area contributed by atoms with Crippen molar-refractivity contribution >= 4 is 11.6 Å². The molecule has 1 N–H and O–H groups in total. The molecule has 0 aliphatic carbocycles. The van der Waals surface area contributed by atoms with Crippen LogP contribution in [0.1, 0.15) is 42.9 Å². The number of anilines is 1. The summed E-state index contributed by atoms with van der Waals surface area (Å²) in [5.74, 6) is 1.43. The first-order valence-corrected chi connectivity index (χ1v) is 9.23. The summed E-state index contributed by atoms with van der Waals surface area (Å²) in [6.07, 6.45) is 3.41. The summed E-state index contributed by atoms with van der Waals surface area (Å²) >= 11 is 0. The maximum Gasteiger partial charge on any atom is 0.262 e. The van der Waals surface area contributed by atoms with Gasteiger partial charge in [0.1, 0.15) is 11.5 Å². The van der Waals surface area contributed by atoms with E-state index < -0.39 is 0 Å². The SMILES string of the molecule is CCCCCOc1ccc(NC(=O)COc2c(C)ccc(C)c2C)cc1. The molecule has 0 heterocycles. The number of nitrogens with one attached hydrogen (secondary N) is 1. The van der Waals surface area contributed by atoms with Gasteiger partial charge in [0.2, 0.25) is 0 Å². The molecule has 140 valence electrons. The standard InChI is InChI=1S/C22H29NO3/c1-5-6-7-14-25-20-12-10-19(11-13-20)23-21(24)15-26-22-17(3)9-8-16(2)18(22)4/h8-13H,5-7,14-15H2,1-4H3,(H,23,24). The van der Waals surface area contributed by atoms with Crippen LogP contribution in [0.15, 0.2) is 36.4 Å². The van der Waals surface area contributed by atoms with E-state index in [-0.39, 0.29) is 12.5 Å². The maximum absolute atomic E-state index is 12.2. The van der Waals surface area contributed by atoms with E-state index in [0.29, 0.717) is 0 Å². The monoisotopic (exact) mass is 355 g/mol. The summed E-state index contributed by atoms with van der Waals surface area (Å²) in [4.78, 5) is 12.2. The van der Waals surface area contributed by atoms with Crippen molar-refractivity contribution in [1.29, 1.82) is 0 Å². The average Bonchev–Trinajstić information content (AvgIpc) is 2.63. The van der Waals surface area contributed by atoms with Crippen LogP contribution in [0.4, 0.5) is 5.69 Å². The Labute approximate surface area is 156 Å². The minimum atomic E-state index is -0.179. The van der Waals surface area contributed by atoms with Gasteiger partial charge in [-0.3, -0.25) is 4.79 Å². The fourth-order valence-corrected chi connectivity index (χ4v) is 2.66. The van der Waals surface area contributed by atoms with Gasteiger partial charge in [0.15, 0.2) is 6.61 Å². The number of unbranched alkanes of at least 4 members (excludes halogenated alkanes) is 2. The van der Waals surface area contributed by atoms with Gasteiger partial charge < -0.3 is 14.8 Å². The third-order valence-corrected chi connectivity index (χ3v) is 4.38. The highest BCUT2D eigenvalue weighted by molar-refractivity contribution is 5.91. The minimum absolute atomic E-state index is 0.0135. The molecule has 0 aliphatic heterocycles. The first kappa shape index (κ1) is 19.8. The van der Waals surface area contributed by atoms with Gasteiger partial charge in [-0.1, -0.05) is 31.9 Å². The Morgan fingerprint density at radius 2 is 1.62 bits per heavy atom. The van der Waals surface area contributed by atoms with Crippen LogP contribution in [0.5, 0.6) is 11.5 Å². The third kappa shape index (κ3) is 5.80. The second-order valence-corrected chi connectivity index (χ2v) is 6.57. The third-order valence-electron chi connectivity index (χ3n) is 4.38. The predicted molar refractivity (Wildman–Crippen MR) is 106 cm³/mol. The molecule has 0 saturated heterocycles. The molecular formula is C22H29NO3. The van der Waals surface area contributed by atoms with E-state index >= 15 is 0 Å². The Bertz CT molecular complexity index is 723. The lowest BCUT2D eigenvalue weighted by atomic mass is 10.1. The number of rotatable bonds is 9. The van der Waals surface area contributed by atoms with Crippen molar-refractivity contribution in [2.45, 2.75) is 47.0 Å². The Hall–Kier alpha value is -2.49. The van der Waals surface area contributed by atoms with Crippen LogP contribution in [-0.4, -0.2) is 19.1 Å². The van der Waals surface area contributed by atoms with Gasteiger partial charge >= 0.3 is 0 Å². The number of hydrogen-bond donors (Lipinski definition) is 1. The summed E-state index contributed by atoms with van der Waals surface area (Å²) in [5.41, 5.74) is 3.99. The molecule has 4 heteroatoms. The van der Waals surface area contributed by atoms with Crippen LogP contribution in [-0.2, 0) is 4.79 Å². The first-order chi connectivity index (χ1) is 12.5. The second kappa shape index (κ2) is 9.85. The molecule has 2 aromatic rings. The van der Waals surface area contributed by atoms with Crippen molar-refractivity contribution in [2.75, 3.05) is 18.5 Å². The summed E-state index contributed by atoms with van der Waals surface area (Å²) in [6.45, 7) is 8.91. The van der Waals surface area contributed by atoms with Gasteiger partial charge in [-0.2, -0.15) is 0 Å². The number of aryl methyl sites for hydroxylation is 2. The minimum Gasteiger partial charge on any atom is -0.494 e. The Morgan fingerprint density at radius 1 is 0.923 bits per heavy atom. The summed E-state index contributed by atoms with van der Waals surface area (Å²) < 4.78 is 11.4. The van der Waals surface area contributed by atoms with Crippen LogP contribution < -0.4 is 14.8 Å². The van der Waals surface area contributed by atoms with E-state index in [1.165, 1.54) is 12.8 Å². The topological polar surface area (TPSA) is 47.6 Å². The number of hydrogen-bond acceptors (Lipinski definition) is 3.